The summed E-state index contributed by atoms with van der Waals surface area (Å²) >= 11 is 3.06. The van der Waals surface area contributed by atoms with Crippen LogP contribution in [-0.4, -0.2) is 176 Å². The molecule has 4 aliphatic heterocycles. The molecule has 0 radical (unpaired) electrons. The highest BCUT2D eigenvalue weighted by atomic mass is 79.9. The van der Waals surface area contributed by atoms with Gasteiger partial charge in [-0.15, -0.1) is 0 Å². The zero-order chi connectivity index (χ0) is 63.1. The summed E-state index contributed by atoms with van der Waals surface area (Å²) in [6, 6.07) is 6.86. The quantitative estimate of drug-likeness (QED) is 0.0121. The second-order valence-electron chi connectivity index (χ2n) is 21.5. The number of carboxylic acids is 1. The molecule has 472 valence electrons. The van der Waals surface area contributed by atoms with Crippen LogP contribution in [0, 0.1) is 0 Å². The smallest absolute Gasteiger partial charge is 0.343 e. The summed E-state index contributed by atoms with van der Waals surface area (Å²) in [6.07, 6.45) is -8.08. The number of aliphatic hydroxyl groups is 4. The van der Waals surface area contributed by atoms with Crippen LogP contribution in [0.1, 0.15) is 91.8 Å². The highest BCUT2D eigenvalue weighted by molar-refractivity contribution is 9.09. The molecule has 0 saturated carbocycles. The topological polar surface area (TPSA) is 429 Å². The third-order valence-electron chi connectivity index (χ3n) is 15.7. The maximum atomic E-state index is 14.1. The normalized spacial score (nSPS) is 21.7. The highest BCUT2D eigenvalue weighted by Crippen LogP contribution is 2.50. The Kier molecular flexibility index (Phi) is 20.3. The number of ether oxygens (including phenoxy) is 6. The van der Waals surface area contributed by atoms with Crippen LogP contribution in [0.4, 0.5) is 0 Å². The van der Waals surface area contributed by atoms with Gasteiger partial charge in [0.1, 0.15) is 49.5 Å². The number of amides is 7. The second kappa shape index (κ2) is 27.8. The molecule has 1 aliphatic carbocycles. The summed E-state index contributed by atoms with van der Waals surface area (Å²) in [5.41, 5.74) is 1.54. The average molecular weight is 1290 g/mol. The Labute approximate surface area is 508 Å². The predicted molar refractivity (Wildman–Crippen MR) is 305 cm³/mol. The summed E-state index contributed by atoms with van der Waals surface area (Å²) in [5.74, 6) is -5.77. The first kappa shape index (κ1) is 64.2. The van der Waals surface area contributed by atoms with Crippen molar-refractivity contribution in [3.8, 4) is 28.6 Å². The Morgan fingerprint density at radius 3 is 2.28 bits per heavy atom. The van der Waals surface area contributed by atoms with Gasteiger partial charge in [-0.25, -0.2) is 14.6 Å². The van der Waals surface area contributed by atoms with Crippen molar-refractivity contribution in [3.63, 3.8) is 0 Å². The fourth-order valence-electron chi connectivity index (χ4n) is 10.9. The van der Waals surface area contributed by atoms with Crippen molar-refractivity contribution in [3.05, 3.63) is 80.1 Å². The number of alkyl halides is 1. The molecule has 4 aromatic rings. The number of esters is 1. The van der Waals surface area contributed by atoms with Gasteiger partial charge >= 0.3 is 11.9 Å². The van der Waals surface area contributed by atoms with Gasteiger partial charge in [0.15, 0.2) is 23.2 Å². The van der Waals surface area contributed by atoms with Gasteiger partial charge in [-0.3, -0.25) is 38.4 Å². The number of carbonyl (C=O) groups is 9. The molecule has 0 unspecified atom stereocenters. The van der Waals surface area contributed by atoms with Gasteiger partial charge in [0.25, 0.3) is 5.56 Å². The third kappa shape index (κ3) is 14.0. The van der Waals surface area contributed by atoms with E-state index in [9.17, 15) is 73.5 Å². The molecule has 0 bridgehead atoms. The number of nitrogens with one attached hydrogen (secondary N) is 7. The van der Waals surface area contributed by atoms with Crippen molar-refractivity contribution in [2.75, 3.05) is 45.0 Å². The van der Waals surface area contributed by atoms with Crippen molar-refractivity contribution in [2.45, 2.75) is 133 Å². The molecule has 0 spiro atoms. The van der Waals surface area contributed by atoms with Crippen LogP contribution in [0.2, 0.25) is 0 Å². The van der Waals surface area contributed by atoms with Crippen LogP contribution < -0.4 is 57.0 Å². The van der Waals surface area contributed by atoms with E-state index in [0.717, 1.165) is 5.56 Å². The number of unbranched alkanes of at least 4 members (excludes halogenated alkanes) is 2. The Hall–Kier alpha value is -8.33. The lowest BCUT2D eigenvalue weighted by Crippen LogP contribution is -2.61. The number of aromatic nitrogens is 2. The molecule has 31 heteroatoms. The molecule has 7 amide bonds. The third-order valence-corrected chi connectivity index (χ3v) is 16.2. The summed E-state index contributed by atoms with van der Waals surface area (Å²) in [6.45, 7) is 1.01. The van der Waals surface area contributed by atoms with Crippen LogP contribution in [0.5, 0.6) is 17.2 Å². The number of aliphatic hydroxyl groups excluding tert-OH is 3. The van der Waals surface area contributed by atoms with E-state index < -0.39 is 134 Å². The minimum atomic E-state index is -2.06. The summed E-state index contributed by atoms with van der Waals surface area (Å²) in [4.78, 5) is 134. The molecule has 9 rings (SSSR count). The van der Waals surface area contributed by atoms with Crippen molar-refractivity contribution in [1.82, 2.24) is 46.8 Å². The zero-order valence-corrected chi connectivity index (χ0v) is 49.2. The van der Waals surface area contributed by atoms with Crippen LogP contribution in [0.15, 0.2) is 41.2 Å². The first-order valence-corrected chi connectivity index (χ1v) is 29.5. The van der Waals surface area contributed by atoms with Gasteiger partial charge < -0.3 is 95.7 Å². The molecule has 88 heavy (non-hydrogen) atoms. The van der Waals surface area contributed by atoms with Gasteiger partial charge in [-0.2, -0.15) is 0 Å². The number of hydrogen-bond donors (Lipinski definition) is 12. The summed E-state index contributed by atoms with van der Waals surface area (Å²) < 4.78 is 34.9. The Bertz CT molecular complexity index is 3480. The van der Waals surface area contributed by atoms with E-state index >= 15 is 0 Å². The molecular formula is C57H66BrN9O21. The number of pyridine rings is 2. The lowest BCUT2D eigenvalue weighted by Gasteiger charge is -2.38. The van der Waals surface area contributed by atoms with Crippen LogP contribution >= 0.6 is 15.9 Å². The number of cyclic esters (lactones) is 1. The van der Waals surface area contributed by atoms with E-state index in [0.29, 0.717) is 89.1 Å². The van der Waals surface area contributed by atoms with Crippen molar-refractivity contribution in [1.29, 1.82) is 0 Å². The van der Waals surface area contributed by atoms with E-state index in [1.54, 1.807) is 19.1 Å². The van der Waals surface area contributed by atoms with E-state index in [1.807, 2.05) is 0 Å². The van der Waals surface area contributed by atoms with E-state index in [1.165, 1.54) is 35.8 Å². The van der Waals surface area contributed by atoms with Gasteiger partial charge in [-0.05, 0) is 68.4 Å². The van der Waals surface area contributed by atoms with E-state index in [-0.39, 0.29) is 67.3 Å². The lowest BCUT2D eigenvalue weighted by molar-refractivity contribution is -0.271. The second-order valence-corrected chi connectivity index (χ2v) is 22.0. The molecule has 1 saturated heterocycles. The SMILES string of the molecule is CC[C@@]1(O)C(=O)OCc2c1cc1n(c2=O)Cc2c-1nc1cc3c(c4c1c2[C@@H](NC(=O)[C@@H](C)OCNC(=O)CNC(=O)[C@H](Cc1ccc(O[C@@H]2O[C@H](C(=O)O)[C@@H](O)[C@H](O)[C@H]2O)cc1)NC(=O)CNC(=O)CNC(=O)CCCCCNC(=O)CBr)CC4)OCO3. The fraction of sp³-hybridized carbons (Fsp3) is 0.491. The fourth-order valence-corrected chi connectivity index (χ4v) is 11.1. The molecule has 9 atom stereocenters. The number of nitrogens with zero attached hydrogens (tertiary/aromatic N) is 2. The van der Waals surface area contributed by atoms with Gasteiger partial charge in [0.2, 0.25) is 54.4 Å². The van der Waals surface area contributed by atoms with E-state index in [4.69, 9.17) is 33.4 Å². The standard InChI is InChI=1S/C57H66BrN9O21/c1-3-57(82)32-16-36-45-30(22-67(36)53(78)31(32)23-83-56(57)81)44-33(13-12-29-43(44)34(65-45)17-37-49(29)86-25-85-37)66-51(76)26(2)84-24-63-41(71)20-62-52(77)35(64-42(72)21-61-40(70)19-60-38(68)7-5-4-6-14-59-39(69)18-58)15-27-8-10-28(11-9-27)87-55-48(75)46(73)47(74)50(88-55)54(79)80/h8-11,16-17,26,33,35,46-48,50,55,73-75,82H,3-7,12-15,18-25H2,1-2H3,(H,59,69)(H,60,68)(H,61,70)(H,62,77)(H,63,71)(H,64,72)(H,66,76)(H,79,80)/t26-,33+,35+,46+,47+,48-,50+,55-,57+/m1/s1. The number of rotatable bonds is 26. The van der Waals surface area contributed by atoms with Crippen molar-refractivity contribution >= 4 is 80.1 Å². The highest BCUT2D eigenvalue weighted by Gasteiger charge is 2.49. The number of aliphatic carboxylic acids is 1. The Morgan fingerprint density at radius 1 is 0.818 bits per heavy atom. The Morgan fingerprint density at radius 2 is 1.55 bits per heavy atom. The largest absolute Gasteiger partial charge is 0.479 e. The van der Waals surface area contributed by atoms with Crippen LogP contribution in [-0.2, 0) is 89.0 Å². The first-order chi connectivity index (χ1) is 42.1. The lowest BCUT2D eigenvalue weighted by atomic mass is 9.82. The first-order valence-electron chi connectivity index (χ1n) is 28.4. The predicted octanol–water partition coefficient (Wildman–Crippen LogP) is -2.19. The monoisotopic (exact) mass is 1290 g/mol. The summed E-state index contributed by atoms with van der Waals surface area (Å²) in [5, 5.41) is 70.5. The van der Waals surface area contributed by atoms with Gasteiger partial charge in [0.05, 0.1) is 60.0 Å². The number of carbonyl (C=O) groups excluding carboxylic acids is 8. The van der Waals surface area contributed by atoms with Crippen LogP contribution in [0.3, 0.4) is 0 Å². The molecule has 2 aromatic heterocycles. The zero-order valence-electron chi connectivity index (χ0n) is 47.6. The number of aryl methyl sites for hydroxylation is 1. The molecule has 1 fully saturated rings. The molecule has 2 aromatic carbocycles. The molecular weight excluding hydrogens is 1230 g/mol. The number of halogens is 1. The minimum Gasteiger partial charge on any atom is -0.479 e. The maximum Gasteiger partial charge on any atom is 0.343 e. The number of hydrogen-bond acceptors (Lipinski definition) is 21. The number of fused-ring (bicyclic) bond motifs is 7. The minimum absolute atomic E-state index is 0.00232. The van der Waals surface area contributed by atoms with Gasteiger partial charge in [0, 0.05) is 47.5 Å². The number of carboxylic acid groups (broad SMARTS) is 1. The summed E-state index contributed by atoms with van der Waals surface area (Å²) in [7, 11) is 0. The molecule has 30 nitrogen and oxygen atoms in total. The van der Waals surface area contributed by atoms with Crippen LogP contribution in [0.25, 0.3) is 22.3 Å². The molecule has 12 N–H and O–H groups in total. The molecule has 5 aliphatic rings. The average Bonchev–Trinajstić information content (AvgIpc) is 1.57. The molecule has 6 heterocycles. The van der Waals surface area contributed by atoms with Crippen molar-refractivity contribution < 1.29 is 97.1 Å². The number of benzene rings is 2. The maximum absolute atomic E-state index is 14.1. The van der Waals surface area contributed by atoms with Crippen molar-refractivity contribution in [2.24, 2.45) is 0 Å². The van der Waals surface area contributed by atoms with E-state index in [2.05, 4.69) is 53.1 Å². The Balaban J connectivity index is 0.807. The van der Waals surface area contributed by atoms with Gasteiger partial charge in [-0.1, -0.05) is 41.4 Å².